The van der Waals surface area contributed by atoms with Gasteiger partial charge in [0, 0.05) is 16.5 Å². The molecule has 0 bridgehead atoms. The first-order valence-corrected chi connectivity index (χ1v) is 12.9. The summed E-state index contributed by atoms with van der Waals surface area (Å²) in [4.78, 5) is 10.3. The van der Waals surface area contributed by atoms with Gasteiger partial charge in [-0.05, 0) is 55.2 Å². The van der Waals surface area contributed by atoms with E-state index in [1.54, 1.807) is 0 Å². The van der Waals surface area contributed by atoms with Crippen molar-refractivity contribution in [3.05, 3.63) is 133 Å². The van der Waals surface area contributed by atoms with Crippen LogP contribution in [0.5, 0.6) is 0 Å². The molecule has 2 heteroatoms. The highest BCUT2D eigenvalue weighted by Gasteiger charge is 2.17. The van der Waals surface area contributed by atoms with E-state index in [2.05, 4.69) is 121 Å². The molecule has 7 aromatic carbocycles. The van der Waals surface area contributed by atoms with Crippen molar-refractivity contribution >= 4 is 54.0 Å². The Hall–Kier alpha value is -5.08. The normalized spacial score (nSPS) is 11.7. The summed E-state index contributed by atoms with van der Waals surface area (Å²) in [5.74, 6) is 0.749. The molecule has 0 saturated carbocycles. The van der Waals surface area contributed by atoms with Crippen molar-refractivity contribution in [3.63, 3.8) is 0 Å². The standard InChI is InChI=1S/C36H22N2/c1-2-11-24(12-3-1)35-31-16-8-9-17-33(31)37-36(38-35)32-22-25-13-5-7-15-27(25)34-29-19-18-23-10-4-6-14-26(23)28(29)20-21-30(32)34/h1-22H. The molecule has 1 heterocycles. The van der Waals surface area contributed by atoms with E-state index < -0.39 is 0 Å². The van der Waals surface area contributed by atoms with Crippen molar-refractivity contribution in [1.82, 2.24) is 9.97 Å². The van der Waals surface area contributed by atoms with Gasteiger partial charge < -0.3 is 0 Å². The van der Waals surface area contributed by atoms with Gasteiger partial charge in [0.2, 0.25) is 0 Å². The third kappa shape index (κ3) is 3.14. The van der Waals surface area contributed by atoms with Crippen molar-refractivity contribution in [3.8, 4) is 22.6 Å². The number of fused-ring (bicyclic) bond motifs is 8. The minimum absolute atomic E-state index is 0.749. The molecule has 38 heavy (non-hydrogen) atoms. The van der Waals surface area contributed by atoms with Crippen LogP contribution in [0.3, 0.4) is 0 Å². The van der Waals surface area contributed by atoms with Crippen LogP contribution in [0.2, 0.25) is 0 Å². The van der Waals surface area contributed by atoms with E-state index in [1.807, 2.05) is 12.1 Å². The van der Waals surface area contributed by atoms with Crippen LogP contribution in [0, 0.1) is 0 Å². The first-order valence-electron chi connectivity index (χ1n) is 12.9. The first kappa shape index (κ1) is 21.0. The molecule has 0 N–H and O–H groups in total. The third-order valence-corrected chi connectivity index (χ3v) is 7.64. The molecule has 0 atom stereocenters. The van der Waals surface area contributed by atoms with E-state index in [4.69, 9.17) is 9.97 Å². The lowest BCUT2D eigenvalue weighted by Crippen LogP contribution is -1.96. The topological polar surface area (TPSA) is 25.8 Å². The van der Waals surface area contributed by atoms with Crippen LogP contribution in [0.25, 0.3) is 76.6 Å². The SMILES string of the molecule is c1ccc(-c2nc(-c3cc4ccccc4c4c3ccc3c5ccccc5ccc34)nc3ccccc23)cc1. The molecule has 176 valence electrons. The van der Waals surface area contributed by atoms with Gasteiger partial charge in [0.1, 0.15) is 0 Å². The second-order valence-corrected chi connectivity index (χ2v) is 9.79. The number of rotatable bonds is 2. The van der Waals surface area contributed by atoms with Gasteiger partial charge >= 0.3 is 0 Å². The van der Waals surface area contributed by atoms with Crippen LogP contribution in [-0.4, -0.2) is 9.97 Å². The molecule has 2 nitrogen and oxygen atoms in total. The number of nitrogens with zero attached hydrogens (tertiary/aromatic N) is 2. The molecule has 0 spiro atoms. The number of benzene rings is 7. The molecule has 0 fully saturated rings. The summed E-state index contributed by atoms with van der Waals surface area (Å²) < 4.78 is 0. The van der Waals surface area contributed by atoms with Crippen molar-refractivity contribution in [2.24, 2.45) is 0 Å². The summed E-state index contributed by atoms with van der Waals surface area (Å²) in [6, 6.07) is 47.3. The predicted octanol–water partition coefficient (Wildman–Crippen LogP) is 9.58. The van der Waals surface area contributed by atoms with Crippen molar-refractivity contribution in [2.75, 3.05) is 0 Å². The zero-order valence-electron chi connectivity index (χ0n) is 20.6. The second kappa shape index (κ2) is 8.22. The van der Waals surface area contributed by atoms with Crippen molar-refractivity contribution < 1.29 is 0 Å². The van der Waals surface area contributed by atoms with Gasteiger partial charge in [0.25, 0.3) is 0 Å². The molecule has 0 unspecified atom stereocenters. The highest BCUT2D eigenvalue weighted by atomic mass is 14.9. The van der Waals surface area contributed by atoms with Crippen molar-refractivity contribution in [2.45, 2.75) is 0 Å². The molecule has 0 radical (unpaired) electrons. The minimum Gasteiger partial charge on any atom is -0.228 e. The zero-order chi connectivity index (χ0) is 25.1. The Morgan fingerprint density at radius 3 is 1.92 bits per heavy atom. The van der Waals surface area contributed by atoms with Gasteiger partial charge in [-0.3, -0.25) is 0 Å². The van der Waals surface area contributed by atoms with E-state index in [0.29, 0.717) is 0 Å². The van der Waals surface area contributed by atoms with Crippen molar-refractivity contribution in [1.29, 1.82) is 0 Å². The Kier molecular flexibility index (Phi) is 4.55. The monoisotopic (exact) mass is 482 g/mol. The lowest BCUT2D eigenvalue weighted by atomic mass is 9.91. The number of aromatic nitrogens is 2. The molecule has 0 aliphatic carbocycles. The highest BCUT2D eigenvalue weighted by molar-refractivity contribution is 6.27. The van der Waals surface area contributed by atoms with Crippen LogP contribution < -0.4 is 0 Å². The van der Waals surface area contributed by atoms with Gasteiger partial charge in [0.15, 0.2) is 5.82 Å². The Labute approximate surface area is 219 Å². The van der Waals surface area contributed by atoms with Gasteiger partial charge in [-0.1, -0.05) is 121 Å². The molecule has 0 saturated heterocycles. The molecule has 0 amide bonds. The lowest BCUT2D eigenvalue weighted by Gasteiger charge is -2.15. The zero-order valence-corrected chi connectivity index (χ0v) is 20.6. The van der Waals surface area contributed by atoms with Crippen LogP contribution in [0.1, 0.15) is 0 Å². The van der Waals surface area contributed by atoms with E-state index in [1.165, 1.54) is 43.1 Å². The molecule has 1 aromatic heterocycles. The second-order valence-electron chi connectivity index (χ2n) is 9.79. The largest absolute Gasteiger partial charge is 0.228 e. The lowest BCUT2D eigenvalue weighted by molar-refractivity contribution is 1.24. The average molecular weight is 483 g/mol. The Morgan fingerprint density at radius 2 is 1.05 bits per heavy atom. The quantitative estimate of drug-likeness (QED) is 0.229. The summed E-state index contributed by atoms with van der Waals surface area (Å²) >= 11 is 0. The molecule has 0 aliphatic heterocycles. The molecular formula is C36H22N2. The summed E-state index contributed by atoms with van der Waals surface area (Å²) in [5, 5.41) is 11.0. The third-order valence-electron chi connectivity index (χ3n) is 7.64. The smallest absolute Gasteiger partial charge is 0.161 e. The summed E-state index contributed by atoms with van der Waals surface area (Å²) in [6.07, 6.45) is 0. The number of hydrogen-bond acceptors (Lipinski definition) is 2. The Bertz CT molecular complexity index is 2180. The fourth-order valence-corrected chi connectivity index (χ4v) is 5.88. The van der Waals surface area contributed by atoms with Gasteiger partial charge in [-0.25, -0.2) is 9.97 Å². The molecule has 8 aromatic rings. The summed E-state index contributed by atoms with van der Waals surface area (Å²) in [7, 11) is 0. The highest BCUT2D eigenvalue weighted by Crippen LogP contribution is 2.40. The summed E-state index contributed by atoms with van der Waals surface area (Å²) in [5.41, 5.74) is 4.05. The molecular weight excluding hydrogens is 460 g/mol. The van der Waals surface area contributed by atoms with E-state index in [9.17, 15) is 0 Å². The minimum atomic E-state index is 0.749. The van der Waals surface area contributed by atoms with Gasteiger partial charge in [0.05, 0.1) is 11.2 Å². The summed E-state index contributed by atoms with van der Waals surface area (Å²) in [6.45, 7) is 0. The maximum Gasteiger partial charge on any atom is 0.161 e. The first-order chi connectivity index (χ1) is 18.8. The molecule has 0 aliphatic rings. The fourth-order valence-electron chi connectivity index (χ4n) is 5.88. The Morgan fingerprint density at radius 1 is 0.395 bits per heavy atom. The van der Waals surface area contributed by atoms with Gasteiger partial charge in [-0.2, -0.15) is 0 Å². The maximum atomic E-state index is 5.22. The van der Waals surface area contributed by atoms with Crippen LogP contribution in [-0.2, 0) is 0 Å². The molecule has 8 rings (SSSR count). The Balaban J connectivity index is 1.52. The fraction of sp³-hybridized carbons (Fsp3) is 0. The number of hydrogen-bond donors (Lipinski definition) is 0. The van der Waals surface area contributed by atoms with Crippen LogP contribution in [0.4, 0.5) is 0 Å². The van der Waals surface area contributed by atoms with Crippen LogP contribution >= 0.6 is 0 Å². The maximum absolute atomic E-state index is 5.22. The van der Waals surface area contributed by atoms with E-state index in [0.717, 1.165) is 33.5 Å². The van der Waals surface area contributed by atoms with E-state index >= 15 is 0 Å². The van der Waals surface area contributed by atoms with Crippen LogP contribution in [0.15, 0.2) is 133 Å². The number of para-hydroxylation sites is 1. The average Bonchev–Trinajstić information content (AvgIpc) is 3.00. The van der Waals surface area contributed by atoms with Gasteiger partial charge in [-0.15, -0.1) is 0 Å². The predicted molar refractivity (Wildman–Crippen MR) is 160 cm³/mol. The van der Waals surface area contributed by atoms with E-state index in [-0.39, 0.29) is 0 Å².